The Labute approximate surface area is 196 Å². The molecular weight excluding hydrogens is 464 g/mol. The molecule has 5 rings (SSSR count). The van der Waals surface area contributed by atoms with Gasteiger partial charge in [0.25, 0.3) is 11.5 Å². The molecule has 1 fully saturated rings. The number of rotatable bonds is 6. The Balaban J connectivity index is 1.22. The van der Waals surface area contributed by atoms with E-state index in [-0.39, 0.29) is 18.1 Å². The Morgan fingerprint density at radius 3 is 2.64 bits per heavy atom. The minimum absolute atomic E-state index is 0.133. The third-order valence-corrected chi connectivity index (χ3v) is 6.49. The second-order valence-corrected chi connectivity index (χ2v) is 8.98. The predicted molar refractivity (Wildman–Crippen MR) is 124 cm³/mol. The van der Waals surface area contributed by atoms with E-state index in [2.05, 4.69) is 15.4 Å². The second-order valence-electron chi connectivity index (χ2n) is 7.58. The highest BCUT2D eigenvalue weighted by Gasteiger charge is 2.28. The highest BCUT2D eigenvalue weighted by atomic mass is 35.5. The van der Waals surface area contributed by atoms with Gasteiger partial charge in [0.15, 0.2) is 0 Å². The van der Waals surface area contributed by atoms with E-state index in [1.54, 1.807) is 48.5 Å². The average molecular weight is 481 g/mol. The van der Waals surface area contributed by atoms with Crippen molar-refractivity contribution in [1.82, 2.24) is 14.6 Å². The number of nitrogens with one attached hydrogen (secondary N) is 1. The van der Waals surface area contributed by atoms with Crippen molar-refractivity contribution in [2.24, 2.45) is 0 Å². The Bertz CT molecular complexity index is 1430. The molecule has 1 N–H and O–H groups in total. The predicted octanol–water partition coefficient (Wildman–Crippen LogP) is 4.29. The molecule has 0 spiro atoms. The van der Waals surface area contributed by atoms with Crippen molar-refractivity contribution < 1.29 is 14.3 Å². The zero-order valence-electron chi connectivity index (χ0n) is 17.2. The Kier molecular flexibility index (Phi) is 5.65. The molecule has 1 saturated carbocycles. The number of fused-ring (bicyclic) bond motifs is 1. The van der Waals surface area contributed by atoms with Gasteiger partial charge in [0, 0.05) is 17.7 Å². The van der Waals surface area contributed by atoms with E-state index >= 15 is 0 Å². The van der Waals surface area contributed by atoms with Crippen molar-refractivity contribution in [3.63, 3.8) is 0 Å². The van der Waals surface area contributed by atoms with Crippen LogP contribution in [0.15, 0.2) is 59.4 Å². The third-order valence-electron chi connectivity index (χ3n) is 5.09. The van der Waals surface area contributed by atoms with Crippen LogP contribution in [0, 0.1) is 0 Å². The molecule has 2 aromatic heterocycles. The van der Waals surface area contributed by atoms with Gasteiger partial charge in [-0.1, -0.05) is 35.1 Å². The van der Waals surface area contributed by atoms with Crippen molar-refractivity contribution in [3.8, 4) is 0 Å². The molecule has 0 unspecified atom stereocenters. The fourth-order valence-electron chi connectivity index (χ4n) is 3.20. The summed E-state index contributed by atoms with van der Waals surface area (Å²) < 4.78 is 6.61. The van der Waals surface area contributed by atoms with Crippen molar-refractivity contribution in [2.75, 3.05) is 5.32 Å². The lowest BCUT2D eigenvalue weighted by Crippen LogP contribution is -2.16. The van der Waals surface area contributed by atoms with Gasteiger partial charge in [0.2, 0.25) is 4.96 Å². The first-order valence-corrected chi connectivity index (χ1v) is 11.4. The highest BCUT2D eigenvalue weighted by Crippen LogP contribution is 2.41. The number of halogens is 1. The number of amides is 1. The maximum Gasteiger partial charge on any atom is 0.338 e. The van der Waals surface area contributed by atoms with Gasteiger partial charge in [-0.3, -0.25) is 9.59 Å². The summed E-state index contributed by atoms with van der Waals surface area (Å²) in [5.41, 5.74) is 1.23. The molecule has 0 atom stereocenters. The molecule has 0 radical (unpaired) electrons. The van der Waals surface area contributed by atoms with Crippen LogP contribution in [-0.2, 0) is 11.3 Å². The molecule has 1 aliphatic carbocycles. The summed E-state index contributed by atoms with van der Waals surface area (Å²) in [7, 11) is 0. The summed E-state index contributed by atoms with van der Waals surface area (Å²) >= 11 is 7.44. The minimum Gasteiger partial charge on any atom is -0.456 e. The molecular formula is C23H17ClN4O4S. The maximum atomic E-state index is 12.4. The first-order chi connectivity index (χ1) is 16.0. The summed E-state index contributed by atoms with van der Waals surface area (Å²) in [5, 5.41) is 8.32. The van der Waals surface area contributed by atoms with E-state index in [1.807, 2.05) is 0 Å². The SMILES string of the molecule is O=C(OCc1cc(=O)n2nc(C3CC3)sc2n1)c1ccc(NC(=O)c2ccccc2Cl)cc1. The molecule has 1 amide bonds. The van der Waals surface area contributed by atoms with Crippen LogP contribution < -0.4 is 10.9 Å². The molecule has 0 saturated heterocycles. The fourth-order valence-corrected chi connectivity index (χ4v) is 4.51. The number of hydrogen-bond donors (Lipinski definition) is 1. The van der Waals surface area contributed by atoms with Gasteiger partial charge >= 0.3 is 5.97 Å². The van der Waals surface area contributed by atoms with Gasteiger partial charge in [0.1, 0.15) is 11.6 Å². The van der Waals surface area contributed by atoms with Crippen molar-refractivity contribution >= 4 is 45.5 Å². The van der Waals surface area contributed by atoms with E-state index in [0.29, 0.717) is 38.4 Å². The number of anilines is 1. The largest absolute Gasteiger partial charge is 0.456 e. The molecule has 10 heteroatoms. The monoisotopic (exact) mass is 480 g/mol. The van der Waals surface area contributed by atoms with E-state index < -0.39 is 5.97 Å². The molecule has 2 heterocycles. The van der Waals surface area contributed by atoms with Crippen molar-refractivity contribution in [3.05, 3.63) is 91.8 Å². The molecule has 2 aromatic carbocycles. The van der Waals surface area contributed by atoms with Crippen LogP contribution in [0.2, 0.25) is 5.02 Å². The quantitative estimate of drug-likeness (QED) is 0.413. The molecule has 1 aliphatic rings. The minimum atomic E-state index is -0.566. The van der Waals surface area contributed by atoms with Crippen LogP contribution in [0.3, 0.4) is 0 Å². The molecule has 33 heavy (non-hydrogen) atoms. The first-order valence-electron chi connectivity index (χ1n) is 10.2. The van der Waals surface area contributed by atoms with Gasteiger partial charge in [-0.05, 0) is 49.2 Å². The second kappa shape index (κ2) is 8.76. The number of hydrogen-bond acceptors (Lipinski definition) is 7. The topological polar surface area (TPSA) is 103 Å². The van der Waals surface area contributed by atoms with E-state index in [9.17, 15) is 14.4 Å². The van der Waals surface area contributed by atoms with Crippen LogP contribution in [0.25, 0.3) is 4.96 Å². The van der Waals surface area contributed by atoms with E-state index in [1.165, 1.54) is 21.9 Å². The number of aromatic nitrogens is 3. The van der Waals surface area contributed by atoms with Crippen LogP contribution in [-0.4, -0.2) is 26.5 Å². The van der Waals surface area contributed by atoms with Crippen LogP contribution in [0.4, 0.5) is 5.69 Å². The third kappa shape index (κ3) is 4.64. The average Bonchev–Trinajstić information content (AvgIpc) is 3.57. The van der Waals surface area contributed by atoms with Gasteiger partial charge in [-0.15, -0.1) is 0 Å². The smallest absolute Gasteiger partial charge is 0.338 e. The summed E-state index contributed by atoms with van der Waals surface area (Å²) in [6.07, 6.45) is 2.17. The summed E-state index contributed by atoms with van der Waals surface area (Å²) in [6.45, 7) is -0.133. The van der Waals surface area contributed by atoms with Gasteiger partial charge < -0.3 is 10.1 Å². The van der Waals surface area contributed by atoms with Gasteiger partial charge in [-0.2, -0.15) is 9.61 Å². The zero-order chi connectivity index (χ0) is 22.9. The Morgan fingerprint density at radius 1 is 1.15 bits per heavy atom. The Morgan fingerprint density at radius 2 is 1.91 bits per heavy atom. The van der Waals surface area contributed by atoms with E-state index in [4.69, 9.17) is 16.3 Å². The highest BCUT2D eigenvalue weighted by molar-refractivity contribution is 7.16. The first kappa shape index (κ1) is 21.3. The lowest BCUT2D eigenvalue weighted by atomic mass is 10.2. The lowest BCUT2D eigenvalue weighted by molar-refractivity contribution is 0.0467. The number of benzene rings is 2. The summed E-state index contributed by atoms with van der Waals surface area (Å²) in [4.78, 5) is 42.0. The number of esters is 1. The number of ether oxygens (including phenoxy) is 1. The Hall–Kier alpha value is -3.56. The molecule has 166 valence electrons. The van der Waals surface area contributed by atoms with Crippen LogP contribution >= 0.6 is 22.9 Å². The fraction of sp³-hybridized carbons (Fsp3) is 0.174. The summed E-state index contributed by atoms with van der Waals surface area (Å²) in [6, 6.07) is 14.3. The molecule has 4 aromatic rings. The van der Waals surface area contributed by atoms with Gasteiger partial charge in [0.05, 0.1) is 21.8 Å². The number of carbonyl (C=O) groups excluding carboxylic acids is 2. The zero-order valence-corrected chi connectivity index (χ0v) is 18.7. The van der Waals surface area contributed by atoms with Crippen molar-refractivity contribution in [1.29, 1.82) is 0 Å². The van der Waals surface area contributed by atoms with E-state index in [0.717, 1.165) is 17.8 Å². The summed E-state index contributed by atoms with van der Waals surface area (Å²) in [5.74, 6) is -0.490. The molecule has 0 bridgehead atoms. The van der Waals surface area contributed by atoms with Crippen LogP contribution in [0.5, 0.6) is 0 Å². The molecule has 8 nitrogen and oxygen atoms in total. The number of carbonyl (C=O) groups is 2. The maximum absolute atomic E-state index is 12.4. The van der Waals surface area contributed by atoms with Crippen LogP contribution in [0.1, 0.15) is 50.2 Å². The normalized spacial score (nSPS) is 13.1. The standard InChI is InChI=1S/C23H17ClN4O4S/c24-18-4-2-1-3-17(18)20(30)25-15-9-7-14(8-10-15)22(31)32-12-16-11-19(29)28-23(26-16)33-21(27-28)13-5-6-13/h1-4,7-11,13H,5-6,12H2,(H,25,30). The molecule has 0 aliphatic heterocycles. The number of nitrogens with zero attached hydrogens (tertiary/aromatic N) is 3. The lowest BCUT2D eigenvalue weighted by Gasteiger charge is -2.08. The van der Waals surface area contributed by atoms with Gasteiger partial charge in [-0.25, -0.2) is 9.78 Å². The van der Waals surface area contributed by atoms with Crippen molar-refractivity contribution in [2.45, 2.75) is 25.4 Å².